The summed E-state index contributed by atoms with van der Waals surface area (Å²) in [6, 6.07) is 10.8. The molecule has 3 nitrogen and oxygen atoms in total. The van der Waals surface area contributed by atoms with Gasteiger partial charge in [-0.2, -0.15) is 0 Å². The highest BCUT2D eigenvalue weighted by Gasteiger charge is 2.17. The summed E-state index contributed by atoms with van der Waals surface area (Å²) in [7, 11) is 1.61. The Labute approximate surface area is 110 Å². The molecule has 0 aliphatic heterocycles. The van der Waals surface area contributed by atoms with Crippen LogP contribution in [0.15, 0.2) is 42.5 Å². The van der Waals surface area contributed by atoms with Crippen LogP contribution in [0, 0.1) is 12.7 Å². The van der Waals surface area contributed by atoms with E-state index in [9.17, 15) is 14.3 Å². The molecule has 2 rings (SSSR count). The van der Waals surface area contributed by atoms with Crippen LogP contribution in [-0.2, 0) is 0 Å². The average Bonchev–Trinajstić information content (AvgIpc) is 2.37. The third-order valence-electron chi connectivity index (χ3n) is 2.88. The van der Waals surface area contributed by atoms with Crippen LogP contribution in [0.3, 0.4) is 0 Å². The Bertz CT molecular complexity index is 625. The topological polar surface area (TPSA) is 40.5 Å². The quantitative estimate of drug-likeness (QED) is 0.900. The van der Waals surface area contributed by atoms with Crippen molar-refractivity contribution in [3.05, 3.63) is 59.4 Å². The number of phenols is 1. The van der Waals surface area contributed by atoms with Gasteiger partial charge in [-0.05, 0) is 36.8 Å². The molecule has 0 aromatic heterocycles. The molecule has 0 saturated carbocycles. The lowest BCUT2D eigenvalue weighted by atomic mass is 10.1. The third-order valence-corrected chi connectivity index (χ3v) is 2.88. The Morgan fingerprint density at radius 1 is 1.21 bits per heavy atom. The van der Waals surface area contributed by atoms with Gasteiger partial charge in [0, 0.05) is 18.8 Å². The maximum absolute atomic E-state index is 12.9. The number of halogens is 1. The molecule has 0 spiro atoms. The number of anilines is 1. The van der Waals surface area contributed by atoms with Gasteiger partial charge < -0.3 is 10.0 Å². The summed E-state index contributed by atoms with van der Waals surface area (Å²) in [4.78, 5) is 13.6. The molecule has 2 aromatic carbocycles. The van der Waals surface area contributed by atoms with Crippen LogP contribution < -0.4 is 4.90 Å². The zero-order valence-electron chi connectivity index (χ0n) is 10.7. The van der Waals surface area contributed by atoms with E-state index in [0.717, 1.165) is 17.7 Å². The van der Waals surface area contributed by atoms with Crippen molar-refractivity contribution in [2.75, 3.05) is 11.9 Å². The summed E-state index contributed by atoms with van der Waals surface area (Å²) in [5.41, 5.74) is 1.82. The van der Waals surface area contributed by atoms with Gasteiger partial charge in [0.25, 0.3) is 5.91 Å². The number of amides is 1. The Kier molecular flexibility index (Phi) is 3.51. The lowest BCUT2D eigenvalue weighted by Crippen LogP contribution is -2.26. The van der Waals surface area contributed by atoms with Crippen molar-refractivity contribution in [3.63, 3.8) is 0 Å². The minimum Gasteiger partial charge on any atom is -0.507 e. The van der Waals surface area contributed by atoms with E-state index in [-0.39, 0.29) is 17.2 Å². The molecule has 1 amide bonds. The Balaban J connectivity index is 2.33. The van der Waals surface area contributed by atoms with Crippen LogP contribution in [0.2, 0.25) is 0 Å². The zero-order chi connectivity index (χ0) is 14.0. The Morgan fingerprint density at radius 2 is 1.95 bits per heavy atom. The molecule has 0 unspecified atom stereocenters. The van der Waals surface area contributed by atoms with Crippen molar-refractivity contribution >= 4 is 11.6 Å². The van der Waals surface area contributed by atoms with Gasteiger partial charge in [0.15, 0.2) is 0 Å². The number of hydrogen-bond acceptors (Lipinski definition) is 2. The molecule has 0 aliphatic rings. The van der Waals surface area contributed by atoms with Crippen molar-refractivity contribution in [2.45, 2.75) is 6.92 Å². The van der Waals surface area contributed by atoms with E-state index in [2.05, 4.69) is 0 Å². The lowest BCUT2D eigenvalue weighted by molar-refractivity contribution is 0.0990. The Hall–Kier alpha value is -2.36. The second kappa shape index (κ2) is 5.10. The molecule has 0 aliphatic carbocycles. The number of hydrogen-bond donors (Lipinski definition) is 1. The molecule has 2 aromatic rings. The highest BCUT2D eigenvalue weighted by Crippen LogP contribution is 2.23. The van der Waals surface area contributed by atoms with Gasteiger partial charge in [0.2, 0.25) is 0 Å². The van der Waals surface area contributed by atoms with E-state index >= 15 is 0 Å². The van der Waals surface area contributed by atoms with E-state index < -0.39 is 5.82 Å². The van der Waals surface area contributed by atoms with Crippen molar-refractivity contribution in [3.8, 4) is 5.75 Å². The van der Waals surface area contributed by atoms with E-state index in [1.54, 1.807) is 13.1 Å². The second-order valence-corrected chi connectivity index (χ2v) is 4.36. The fourth-order valence-corrected chi connectivity index (χ4v) is 1.82. The number of nitrogens with zero attached hydrogens (tertiary/aromatic N) is 1. The first-order valence-corrected chi connectivity index (χ1v) is 5.82. The number of phenolic OH excluding ortho intramolecular Hbond substituents is 1. The van der Waals surface area contributed by atoms with E-state index in [1.807, 2.05) is 25.1 Å². The van der Waals surface area contributed by atoms with E-state index in [4.69, 9.17) is 0 Å². The number of aromatic hydroxyl groups is 1. The molecule has 0 radical (unpaired) electrons. The second-order valence-electron chi connectivity index (χ2n) is 4.36. The molecule has 0 atom stereocenters. The van der Waals surface area contributed by atoms with Gasteiger partial charge in [0.05, 0.1) is 5.56 Å². The molecule has 98 valence electrons. The van der Waals surface area contributed by atoms with Gasteiger partial charge in [-0.3, -0.25) is 4.79 Å². The zero-order valence-corrected chi connectivity index (χ0v) is 10.7. The van der Waals surface area contributed by atoms with Gasteiger partial charge in [-0.1, -0.05) is 12.1 Å². The summed E-state index contributed by atoms with van der Waals surface area (Å²) < 4.78 is 12.9. The molecule has 19 heavy (non-hydrogen) atoms. The number of benzene rings is 2. The van der Waals surface area contributed by atoms with Gasteiger partial charge in [-0.25, -0.2) is 4.39 Å². The molecular weight excluding hydrogens is 245 g/mol. The van der Waals surface area contributed by atoms with Crippen LogP contribution >= 0.6 is 0 Å². The number of carbonyl (C=O) groups excluding carboxylic acids is 1. The van der Waals surface area contributed by atoms with Gasteiger partial charge in [-0.15, -0.1) is 0 Å². The maximum atomic E-state index is 12.9. The first-order valence-electron chi connectivity index (χ1n) is 5.82. The highest BCUT2D eigenvalue weighted by atomic mass is 19.1. The molecule has 1 N–H and O–H groups in total. The highest BCUT2D eigenvalue weighted by molar-refractivity contribution is 6.07. The predicted molar refractivity (Wildman–Crippen MR) is 72.0 cm³/mol. The van der Waals surface area contributed by atoms with Crippen LogP contribution in [0.25, 0.3) is 0 Å². The van der Waals surface area contributed by atoms with Crippen LogP contribution in [-0.4, -0.2) is 18.1 Å². The first kappa shape index (κ1) is 13.1. The summed E-state index contributed by atoms with van der Waals surface area (Å²) in [5.74, 6) is -1.32. The lowest BCUT2D eigenvalue weighted by Gasteiger charge is -2.18. The smallest absolute Gasteiger partial charge is 0.261 e. The van der Waals surface area contributed by atoms with E-state index in [0.29, 0.717) is 5.69 Å². The molecular formula is C15H14FNO2. The normalized spacial score (nSPS) is 10.3. The minimum absolute atomic E-state index is 0.0745. The van der Waals surface area contributed by atoms with Gasteiger partial charge >= 0.3 is 0 Å². The average molecular weight is 259 g/mol. The van der Waals surface area contributed by atoms with Crippen LogP contribution in [0.1, 0.15) is 15.9 Å². The predicted octanol–water partition coefficient (Wildman–Crippen LogP) is 3.12. The fourth-order valence-electron chi connectivity index (χ4n) is 1.82. The van der Waals surface area contributed by atoms with Crippen molar-refractivity contribution in [1.29, 1.82) is 0 Å². The Morgan fingerprint density at radius 3 is 2.58 bits per heavy atom. The summed E-state index contributed by atoms with van der Waals surface area (Å²) in [6.07, 6.45) is 0. The maximum Gasteiger partial charge on any atom is 0.261 e. The van der Waals surface area contributed by atoms with Crippen LogP contribution in [0.5, 0.6) is 5.75 Å². The standard InChI is InChI=1S/C15H14FNO2/c1-10-4-3-5-12(8-10)17(2)15(19)13-7-6-11(16)9-14(13)18/h3-9,18H,1-2H3. The molecule has 0 saturated heterocycles. The van der Waals surface area contributed by atoms with Crippen molar-refractivity contribution in [1.82, 2.24) is 0 Å². The minimum atomic E-state index is -0.577. The largest absolute Gasteiger partial charge is 0.507 e. The van der Waals surface area contributed by atoms with Crippen molar-refractivity contribution in [2.24, 2.45) is 0 Å². The summed E-state index contributed by atoms with van der Waals surface area (Å²) in [5, 5.41) is 9.62. The van der Waals surface area contributed by atoms with Crippen LogP contribution in [0.4, 0.5) is 10.1 Å². The SMILES string of the molecule is Cc1cccc(N(C)C(=O)c2ccc(F)cc2O)c1. The molecule has 4 heteroatoms. The van der Waals surface area contributed by atoms with Gasteiger partial charge in [0.1, 0.15) is 11.6 Å². The van der Waals surface area contributed by atoms with Crippen molar-refractivity contribution < 1.29 is 14.3 Å². The summed E-state index contributed by atoms with van der Waals surface area (Å²) >= 11 is 0. The molecule has 0 fully saturated rings. The monoisotopic (exact) mass is 259 g/mol. The molecule has 0 bridgehead atoms. The first-order chi connectivity index (χ1) is 8.99. The summed E-state index contributed by atoms with van der Waals surface area (Å²) in [6.45, 7) is 1.93. The fraction of sp³-hybridized carbons (Fsp3) is 0.133. The number of rotatable bonds is 2. The third kappa shape index (κ3) is 2.73. The number of carbonyl (C=O) groups is 1. The molecule has 0 heterocycles. The van der Waals surface area contributed by atoms with E-state index in [1.165, 1.54) is 11.0 Å². The number of aryl methyl sites for hydroxylation is 1.